The number of carbonyl (C=O) groups is 2. The quantitative estimate of drug-likeness (QED) is 0.613. The lowest BCUT2D eigenvalue weighted by atomic mass is 10.3. The van der Waals surface area contributed by atoms with Crippen molar-refractivity contribution in [2.24, 2.45) is 5.73 Å². The van der Waals surface area contributed by atoms with Crippen LogP contribution < -0.4 is 5.73 Å². The molecule has 0 radical (unpaired) electrons. The molecule has 1 unspecified atom stereocenters. The predicted molar refractivity (Wildman–Crippen MR) is 48.7 cm³/mol. The Morgan fingerprint density at radius 2 is 2.23 bits per heavy atom. The smallest absolute Gasteiger partial charge is 0.228 e. The van der Waals surface area contributed by atoms with E-state index in [1.165, 1.54) is 13.0 Å². The molecule has 0 aromatic rings. The van der Waals surface area contributed by atoms with Gasteiger partial charge < -0.3 is 10.6 Å². The van der Waals surface area contributed by atoms with Crippen molar-refractivity contribution in [3.8, 4) is 0 Å². The number of nitrogens with two attached hydrogens (primary N) is 1. The molecule has 1 atom stereocenters. The number of rotatable bonds is 2. The summed E-state index contributed by atoms with van der Waals surface area (Å²) < 4.78 is 0. The topological polar surface area (TPSA) is 63.4 Å². The van der Waals surface area contributed by atoms with Gasteiger partial charge in [0.2, 0.25) is 5.91 Å². The van der Waals surface area contributed by atoms with Crippen molar-refractivity contribution in [1.29, 1.82) is 0 Å². The average molecular weight is 182 g/mol. The van der Waals surface area contributed by atoms with Crippen molar-refractivity contribution in [3.05, 3.63) is 11.8 Å². The molecule has 0 bridgehead atoms. The fraction of sp³-hybridized carbons (Fsp3) is 0.556. The number of nitrogens with zero attached hydrogens (tertiary/aromatic N) is 1. The molecular formula is C9H14N2O2. The number of likely N-dealkylation sites (tertiary alicyclic amines) is 1. The van der Waals surface area contributed by atoms with Crippen molar-refractivity contribution in [2.45, 2.75) is 26.3 Å². The Labute approximate surface area is 77.4 Å². The average Bonchev–Trinajstić information content (AvgIpc) is 2.28. The largest absolute Gasteiger partial charge is 0.326 e. The predicted octanol–water partition coefficient (Wildman–Crippen LogP) is 0.0388. The summed E-state index contributed by atoms with van der Waals surface area (Å²) in [5.74, 6) is -0.0479. The number of amides is 1. The molecule has 4 nitrogen and oxygen atoms in total. The highest BCUT2D eigenvalue weighted by Crippen LogP contribution is 2.14. The van der Waals surface area contributed by atoms with E-state index in [2.05, 4.69) is 0 Å². The Bertz CT molecular complexity index is 271. The van der Waals surface area contributed by atoms with Gasteiger partial charge in [-0.05, 0) is 13.8 Å². The molecular weight excluding hydrogens is 168 g/mol. The van der Waals surface area contributed by atoms with Gasteiger partial charge in [0.25, 0.3) is 0 Å². The van der Waals surface area contributed by atoms with Crippen LogP contribution in [0.15, 0.2) is 11.8 Å². The molecule has 0 aromatic heterocycles. The Morgan fingerprint density at radius 3 is 2.62 bits per heavy atom. The molecule has 13 heavy (non-hydrogen) atoms. The molecule has 0 aliphatic carbocycles. The molecule has 1 heterocycles. The standard InChI is InChI=1S/C9H14N2O2/c1-6(3-7(2)12)11-5-8(10)4-9(11)13/h3,8H,4-5,10H2,1-2H3. The van der Waals surface area contributed by atoms with Crippen LogP contribution in [0.5, 0.6) is 0 Å². The third kappa shape index (κ3) is 2.39. The molecule has 0 spiro atoms. The lowest BCUT2D eigenvalue weighted by molar-refractivity contribution is -0.126. The summed E-state index contributed by atoms with van der Waals surface area (Å²) in [4.78, 5) is 23.6. The second kappa shape index (κ2) is 3.70. The molecule has 1 aliphatic rings. The first kappa shape index (κ1) is 9.92. The van der Waals surface area contributed by atoms with Crippen LogP contribution in [-0.4, -0.2) is 29.2 Å². The number of carbonyl (C=O) groups excluding carboxylic acids is 2. The summed E-state index contributed by atoms with van der Waals surface area (Å²) in [5, 5.41) is 0. The van der Waals surface area contributed by atoms with E-state index < -0.39 is 0 Å². The van der Waals surface area contributed by atoms with Gasteiger partial charge in [-0.25, -0.2) is 0 Å². The van der Waals surface area contributed by atoms with Crippen LogP contribution in [0, 0.1) is 0 Å². The molecule has 0 saturated carbocycles. The molecule has 2 N–H and O–H groups in total. The van der Waals surface area contributed by atoms with Crippen molar-refractivity contribution >= 4 is 11.7 Å². The normalized spacial score (nSPS) is 23.9. The van der Waals surface area contributed by atoms with Gasteiger partial charge in [-0.15, -0.1) is 0 Å². The molecule has 4 heteroatoms. The van der Waals surface area contributed by atoms with Crippen molar-refractivity contribution in [2.75, 3.05) is 6.54 Å². The van der Waals surface area contributed by atoms with Gasteiger partial charge in [0, 0.05) is 30.8 Å². The van der Waals surface area contributed by atoms with E-state index in [1.807, 2.05) is 0 Å². The summed E-state index contributed by atoms with van der Waals surface area (Å²) in [5.41, 5.74) is 6.30. The van der Waals surface area contributed by atoms with E-state index >= 15 is 0 Å². The highest BCUT2D eigenvalue weighted by atomic mass is 16.2. The summed E-state index contributed by atoms with van der Waals surface area (Å²) in [7, 11) is 0. The van der Waals surface area contributed by atoms with Crippen LogP contribution in [0.4, 0.5) is 0 Å². The summed E-state index contributed by atoms with van der Waals surface area (Å²) in [6, 6.07) is -0.0946. The van der Waals surface area contributed by atoms with Gasteiger partial charge in [0.15, 0.2) is 5.78 Å². The fourth-order valence-corrected chi connectivity index (χ4v) is 1.45. The van der Waals surface area contributed by atoms with Gasteiger partial charge in [-0.2, -0.15) is 0 Å². The first-order valence-electron chi connectivity index (χ1n) is 4.25. The minimum Gasteiger partial charge on any atom is -0.326 e. The van der Waals surface area contributed by atoms with Crippen LogP contribution in [-0.2, 0) is 9.59 Å². The van der Waals surface area contributed by atoms with Crippen LogP contribution in [0.2, 0.25) is 0 Å². The molecule has 1 aliphatic heterocycles. The fourth-order valence-electron chi connectivity index (χ4n) is 1.45. The lowest BCUT2D eigenvalue weighted by Gasteiger charge is -2.15. The highest BCUT2D eigenvalue weighted by molar-refractivity contribution is 5.89. The Hall–Kier alpha value is -1.16. The highest BCUT2D eigenvalue weighted by Gasteiger charge is 2.27. The summed E-state index contributed by atoms with van der Waals surface area (Å²) >= 11 is 0. The zero-order valence-corrected chi connectivity index (χ0v) is 7.91. The third-order valence-electron chi connectivity index (χ3n) is 1.99. The first-order chi connectivity index (χ1) is 6.00. The van der Waals surface area contributed by atoms with Crippen molar-refractivity contribution in [1.82, 2.24) is 4.90 Å². The molecule has 0 aromatic carbocycles. The summed E-state index contributed by atoms with van der Waals surface area (Å²) in [6.45, 7) is 3.73. The Morgan fingerprint density at radius 1 is 1.62 bits per heavy atom. The van der Waals surface area contributed by atoms with E-state index in [4.69, 9.17) is 5.73 Å². The number of hydrogen-bond donors (Lipinski definition) is 1. The molecule has 1 saturated heterocycles. The zero-order chi connectivity index (χ0) is 10.0. The van der Waals surface area contributed by atoms with Gasteiger partial charge in [0.1, 0.15) is 0 Å². The number of ketones is 1. The summed E-state index contributed by atoms with van der Waals surface area (Å²) in [6.07, 6.45) is 1.83. The van der Waals surface area contributed by atoms with Gasteiger partial charge >= 0.3 is 0 Å². The molecule has 72 valence electrons. The van der Waals surface area contributed by atoms with E-state index in [1.54, 1.807) is 11.8 Å². The minimum atomic E-state index is -0.0946. The first-order valence-corrected chi connectivity index (χ1v) is 4.25. The maximum absolute atomic E-state index is 11.3. The second-order valence-corrected chi connectivity index (χ2v) is 3.36. The second-order valence-electron chi connectivity index (χ2n) is 3.36. The van der Waals surface area contributed by atoms with Crippen LogP contribution in [0.3, 0.4) is 0 Å². The molecule has 1 fully saturated rings. The van der Waals surface area contributed by atoms with E-state index in [-0.39, 0.29) is 17.7 Å². The number of allylic oxidation sites excluding steroid dienone is 2. The number of hydrogen-bond acceptors (Lipinski definition) is 3. The van der Waals surface area contributed by atoms with Crippen LogP contribution in [0.25, 0.3) is 0 Å². The van der Waals surface area contributed by atoms with Crippen molar-refractivity contribution < 1.29 is 9.59 Å². The van der Waals surface area contributed by atoms with Crippen molar-refractivity contribution in [3.63, 3.8) is 0 Å². The minimum absolute atomic E-state index is 0.00231. The third-order valence-corrected chi connectivity index (χ3v) is 1.99. The Kier molecular flexibility index (Phi) is 2.83. The van der Waals surface area contributed by atoms with Crippen LogP contribution in [0.1, 0.15) is 20.3 Å². The lowest BCUT2D eigenvalue weighted by Crippen LogP contribution is -2.27. The van der Waals surface area contributed by atoms with Crippen LogP contribution >= 0.6 is 0 Å². The van der Waals surface area contributed by atoms with E-state index in [9.17, 15) is 9.59 Å². The monoisotopic (exact) mass is 182 g/mol. The van der Waals surface area contributed by atoms with E-state index in [0.717, 1.165) is 0 Å². The maximum atomic E-state index is 11.3. The van der Waals surface area contributed by atoms with Gasteiger partial charge in [-0.3, -0.25) is 9.59 Å². The zero-order valence-electron chi connectivity index (χ0n) is 7.91. The maximum Gasteiger partial charge on any atom is 0.228 e. The SMILES string of the molecule is CC(=O)C=C(C)N1CC(N)CC1=O. The van der Waals surface area contributed by atoms with E-state index in [0.29, 0.717) is 18.7 Å². The van der Waals surface area contributed by atoms with Gasteiger partial charge in [0.05, 0.1) is 0 Å². The molecule has 1 rings (SSSR count). The molecule has 1 amide bonds. The van der Waals surface area contributed by atoms with Gasteiger partial charge in [-0.1, -0.05) is 0 Å². The Balaban J connectivity index is 2.73.